The average molecular weight is 497 g/mol. The molecule has 3 heterocycles. The van der Waals surface area contributed by atoms with Gasteiger partial charge in [-0.3, -0.25) is 19.7 Å². The van der Waals surface area contributed by atoms with Crippen LogP contribution in [0.25, 0.3) is 22.1 Å². The molecule has 0 atom stereocenters. The maximum absolute atomic E-state index is 13.2. The van der Waals surface area contributed by atoms with Crippen LogP contribution in [0.15, 0.2) is 68.8 Å². The molecule has 0 aliphatic heterocycles. The van der Waals surface area contributed by atoms with Gasteiger partial charge < -0.3 is 18.5 Å². The molecule has 2 N–H and O–H groups in total. The van der Waals surface area contributed by atoms with Crippen molar-refractivity contribution in [3.8, 4) is 0 Å². The van der Waals surface area contributed by atoms with Crippen LogP contribution in [0.2, 0.25) is 0 Å². The maximum Gasteiger partial charge on any atom is 0.416 e. The zero-order chi connectivity index (χ0) is 25.6. The lowest BCUT2D eigenvalue weighted by molar-refractivity contribution is -0.137. The monoisotopic (exact) mass is 497 g/mol. The van der Waals surface area contributed by atoms with Crippen LogP contribution in [0.4, 0.5) is 19.1 Å². The first-order chi connectivity index (χ1) is 17.2. The first-order valence-electron chi connectivity index (χ1n) is 10.8. The second-order valence-electron chi connectivity index (χ2n) is 7.99. The van der Waals surface area contributed by atoms with Crippen molar-refractivity contribution in [2.45, 2.75) is 26.2 Å². The number of fused-ring (bicyclic) bond motifs is 2. The van der Waals surface area contributed by atoms with Gasteiger partial charge in [-0.15, -0.1) is 0 Å². The number of alkyl halides is 3. The number of furan rings is 1. The number of benzene rings is 2. The van der Waals surface area contributed by atoms with Gasteiger partial charge in [0.05, 0.1) is 40.4 Å². The predicted octanol–water partition coefficient (Wildman–Crippen LogP) is 3.97. The number of rotatable bonds is 5. The number of amides is 1. The second kappa shape index (κ2) is 8.56. The Hall–Kier alpha value is -4.61. The molecular formula is C24H18F3N5O4. The van der Waals surface area contributed by atoms with Gasteiger partial charge in [0.25, 0.3) is 5.91 Å². The maximum atomic E-state index is 13.2. The van der Waals surface area contributed by atoms with Gasteiger partial charge >= 0.3 is 17.3 Å². The molecule has 0 saturated carbocycles. The highest BCUT2D eigenvalue weighted by Crippen LogP contribution is 2.32. The van der Waals surface area contributed by atoms with E-state index in [1.54, 1.807) is 19.1 Å². The van der Waals surface area contributed by atoms with Crippen molar-refractivity contribution >= 4 is 33.9 Å². The number of halogens is 3. The highest BCUT2D eigenvalue weighted by atomic mass is 19.4. The summed E-state index contributed by atoms with van der Waals surface area (Å²) in [5.41, 5.74) is -1.10. The first kappa shape index (κ1) is 23.1. The lowest BCUT2D eigenvalue weighted by Gasteiger charge is -2.11. The van der Waals surface area contributed by atoms with Crippen molar-refractivity contribution in [2.24, 2.45) is 0 Å². The van der Waals surface area contributed by atoms with Crippen LogP contribution in [0.5, 0.6) is 0 Å². The molecule has 184 valence electrons. The van der Waals surface area contributed by atoms with Gasteiger partial charge in [-0.1, -0.05) is 0 Å². The van der Waals surface area contributed by atoms with Gasteiger partial charge in [-0.05, 0) is 55.5 Å². The van der Waals surface area contributed by atoms with E-state index in [1.165, 1.54) is 39.7 Å². The minimum absolute atomic E-state index is 0.0119. The molecule has 12 heteroatoms. The Kier molecular flexibility index (Phi) is 5.50. The normalized spacial score (nSPS) is 11.9. The molecule has 2 aromatic carbocycles. The van der Waals surface area contributed by atoms with Gasteiger partial charge in [-0.2, -0.15) is 13.2 Å². The fourth-order valence-electron chi connectivity index (χ4n) is 4.03. The highest BCUT2D eigenvalue weighted by molar-refractivity contribution is 6.05. The van der Waals surface area contributed by atoms with E-state index in [9.17, 15) is 27.6 Å². The van der Waals surface area contributed by atoms with Gasteiger partial charge in [-0.25, -0.2) is 4.98 Å². The van der Waals surface area contributed by atoms with Crippen molar-refractivity contribution in [2.75, 3.05) is 5.32 Å². The third-order valence-corrected chi connectivity index (χ3v) is 5.75. The van der Waals surface area contributed by atoms with Crippen LogP contribution in [-0.4, -0.2) is 25.0 Å². The first-order valence-corrected chi connectivity index (χ1v) is 10.8. The molecule has 0 saturated heterocycles. The Morgan fingerprint density at radius 3 is 2.56 bits per heavy atom. The van der Waals surface area contributed by atoms with Crippen LogP contribution in [-0.2, 0) is 19.3 Å². The average Bonchev–Trinajstić information content (AvgIpc) is 3.47. The van der Waals surface area contributed by atoms with E-state index in [4.69, 9.17) is 4.42 Å². The summed E-state index contributed by atoms with van der Waals surface area (Å²) >= 11 is 0. The fourth-order valence-corrected chi connectivity index (χ4v) is 4.03. The summed E-state index contributed by atoms with van der Waals surface area (Å²) in [7, 11) is 0. The number of nitrogens with one attached hydrogen (secondary N) is 2. The third-order valence-electron chi connectivity index (χ3n) is 5.75. The largest absolute Gasteiger partial charge is 0.467 e. The molecule has 0 aliphatic rings. The van der Waals surface area contributed by atoms with E-state index < -0.39 is 28.8 Å². The van der Waals surface area contributed by atoms with E-state index in [-0.39, 0.29) is 35.6 Å². The van der Waals surface area contributed by atoms with E-state index in [1.807, 2.05) is 0 Å². The topological polar surface area (TPSA) is 115 Å². The molecule has 0 bridgehead atoms. The molecule has 5 aromatic rings. The Morgan fingerprint density at radius 2 is 1.86 bits per heavy atom. The molecule has 1 amide bonds. The predicted molar refractivity (Wildman–Crippen MR) is 125 cm³/mol. The number of hydrogen-bond donors (Lipinski definition) is 2. The number of imidazole rings is 1. The van der Waals surface area contributed by atoms with Crippen LogP contribution in [0.3, 0.4) is 0 Å². The van der Waals surface area contributed by atoms with Crippen molar-refractivity contribution in [1.82, 2.24) is 19.1 Å². The van der Waals surface area contributed by atoms with Gasteiger partial charge in [0, 0.05) is 12.1 Å². The van der Waals surface area contributed by atoms with Crippen molar-refractivity contribution in [3.05, 3.63) is 92.4 Å². The molecule has 3 aromatic heterocycles. The van der Waals surface area contributed by atoms with Gasteiger partial charge in [0.1, 0.15) is 5.76 Å². The molecule has 0 radical (unpaired) electrons. The van der Waals surface area contributed by atoms with Gasteiger partial charge in [0.2, 0.25) is 5.95 Å². The molecular weight excluding hydrogens is 479 g/mol. The van der Waals surface area contributed by atoms with Crippen molar-refractivity contribution in [3.63, 3.8) is 0 Å². The summed E-state index contributed by atoms with van der Waals surface area (Å²) in [5.74, 6) is -0.0950. The summed E-state index contributed by atoms with van der Waals surface area (Å²) in [6, 6.07) is 10.9. The number of H-pyrrole nitrogens is 1. The van der Waals surface area contributed by atoms with E-state index in [0.717, 1.165) is 12.1 Å². The van der Waals surface area contributed by atoms with Crippen molar-refractivity contribution in [1.29, 1.82) is 0 Å². The highest BCUT2D eigenvalue weighted by Gasteiger charge is 2.31. The van der Waals surface area contributed by atoms with Crippen molar-refractivity contribution < 1.29 is 22.4 Å². The zero-order valence-electron chi connectivity index (χ0n) is 18.7. The molecule has 0 fully saturated rings. The van der Waals surface area contributed by atoms with Crippen LogP contribution < -0.4 is 16.4 Å². The van der Waals surface area contributed by atoms with Crippen LogP contribution in [0, 0.1) is 0 Å². The minimum atomic E-state index is -4.55. The number of carbonyl (C=O) groups excluding carboxylic acids is 1. The SMILES string of the molecule is CCn1c(=O)c(=O)[nH]c2cc(C(=O)Nc3nc4cc(C(F)(F)F)ccc4n3Cc3ccco3)ccc21. The molecule has 0 unspecified atom stereocenters. The van der Waals surface area contributed by atoms with E-state index >= 15 is 0 Å². The Morgan fingerprint density at radius 1 is 1.08 bits per heavy atom. The Labute approximate surface area is 199 Å². The third kappa shape index (κ3) is 4.06. The van der Waals surface area contributed by atoms with Crippen LogP contribution >= 0.6 is 0 Å². The summed E-state index contributed by atoms with van der Waals surface area (Å²) in [6.45, 7) is 2.09. The standard InChI is InChI=1S/C24H18F3N5O4/c1-2-31-18-7-5-13(10-16(18)28-21(34)22(31)35)20(33)30-23-29-17-11-14(24(25,26)27)6-8-19(17)32(23)12-15-4-3-9-36-15/h3-11H,2,12H2,1H3,(H,28,34)(H,29,30,33). The lowest BCUT2D eigenvalue weighted by Crippen LogP contribution is -2.36. The number of carbonyl (C=O) groups is 1. The minimum Gasteiger partial charge on any atom is -0.467 e. The summed E-state index contributed by atoms with van der Waals surface area (Å²) in [5, 5.41) is 2.64. The quantitative estimate of drug-likeness (QED) is 0.357. The number of aromatic amines is 1. The number of anilines is 1. The summed E-state index contributed by atoms with van der Waals surface area (Å²) in [6.07, 6.45) is -3.09. The molecule has 36 heavy (non-hydrogen) atoms. The fraction of sp³-hybridized carbons (Fsp3) is 0.167. The van der Waals surface area contributed by atoms with E-state index in [2.05, 4.69) is 15.3 Å². The Bertz CT molecular complexity index is 1730. The van der Waals surface area contributed by atoms with Crippen LogP contribution in [0.1, 0.15) is 28.6 Å². The molecule has 9 nitrogen and oxygen atoms in total. The molecule has 0 spiro atoms. The number of hydrogen-bond acceptors (Lipinski definition) is 5. The molecule has 5 rings (SSSR count). The number of nitrogens with zero attached hydrogens (tertiary/aromatic N) is 3. The zero-order valence-corrected chi connectivity index (χ0v) is 18.7. The van der Waals surface area contributed by atoms with E-state index in [0.29, 0.717) is 16.8 Å². The summed E-state index contributed by atoms with van der Waals surface area (Å²) in [4.78, 5) is 43.8. The lowest BCUT2D eigenvalue weighted by atomic mass is 10.1. The number of aromatic nitrogens is 4. The van der Waals surface area contributed by atoms with Gasteiger partial charge in [0.15, 0.2) is 0 Å². The molecule has 0 aliphatic carbocycles. The summed E-state index contributed by atoms with van der Waals surface area (Å²) < 4.78 is 47.9. The second-order valence-corrected chi connectivity index (χ2v) is 7.99. The Balaban J connectivity index is 1.56. The smallest absolute Gasteiger partial charge is 0.416 e. The number of aryl methyl sites for hydroxylation is 1.